The molecule has 18 heteroatoms. The monoisotopic (exact) mass is 1010 g/mol. The van der Waals surface area contributed by atoms with Gasteiger partial charge in [0.1, 0.15) is 23.1 Å². The van der Waals surface area contributed by atoms with Crippen LogP contribution in [0, 0.1) is 23.7 Å². The molecule has 0 saturated carbocycles. The van der Waals surface area contributed by atoms with Crippen molar-refractivity contribution in [3.63, 3.8) is 0 Å². The van der Waals surface area contributed by atoms with E-state index in [1.807, 2.05) is 57.5 Å². The van der Waals surface area contributed by atoms with Gasteiger partial charge in [0.2, 0.25) is 5.91 Å². The number of ether oxygens (including phenoxy) is 2. The second-order valence-electron chi connectivity index (χ2n) is 19.1. The fraction of sp³-hybridized carbons (Fsp3) is 0.377. The smallest absolute Gasteiger partial charge is 0.417 e. The Balaban J connectivity index is 0.906. The summed E-state index contributed by atoms with van der Waals surface area (Å²) >= 11 is 7.22. The summed E-state index contributed by atoms with van der Waals surface area (Å²) in [5, 5.41) is 22.8. The molecule has 372 valence electrons. The van der Waals surface area contributed by atoms with Crippen molar-refractivity contribution in [2.45, 2.75) is 104 Å². The Hall–Kier alpha value is -6.68. The van der Waals surface area contributed by atoms with Crippen molar-refractivity contribution in [3.8, 4) is 28.0 Å². The van der Waals surface area contributed by atoms with Crippen LogP contribution >= 0.6 is 23.6 Å². The zero-order valence-corrected chi connectivity index (χ0v) is 41.8. The molecular weight excluding hydrogens is 954 g/mol. The number of unbranched alkanes of at least 4 members (excludes halogenated alkanes) is 1. The van der Waals surface area contributed by atoms with Gasteiger partial charge in [-0.1, -0.05) is 57.2 Å². The minimum absolute atomic E-state index is 0.0229. The molecule has 2 aliphatic heterocycles. The summed E-state index contributed by atoms with van der Waals surface area (Å²) in [7, 11) is 0. The molecule has 4 aromatic carbocycles. The number of carbonyl (C=O) groups is 4. The summed E-state index contributed by atoms with van der Waals surface area (Å²) < 4.78 is 53.3. The molecule has 7 rings (SSSR count). The highest BCUT2D eigenvalue weighted by molar-refractivity contribution is 7.81. The minimum atomic E-state index is -4.82. The maximum absolute atomic E-state index is 14.3. The molecule has 13 nitrogen and oxygen atoms in total. The first-order valence-electron chi connectivity index (χ1n) is 23.2. The Morgan fingerprint density at radius 3 is 2.27 bits per heavy atom. The second kappa shape index (κ2) is 21.4. The Bertz CT molecular complexity index is 2840. The number of aryl methyl sites for hydroxylation is 2. The van der Waals surface area contributed by atoms with Gasteiger partial charge >= 0.3 is 6.18 Å². The average Bonchev–Trinajstić information content (AvgIpc) is 4.00. The standard InChI is InChI=1S/C53H55F3N6O7S2/c1-32-45(71-31-58-32)34-16-13-33(14-17-34)15-24-43(64)42-28-38(63)30-60(42)48(66)46(51(2,3)4)59-47(65)40-11-7-8-12-44(40)69-26-10-9-25-68-39-22-20-36(21-23-39)62-50(70)61(49(67)52(62,5)6)37-19-18-35(29-57)41(27-37)53(54,55)56/h7-8,11-14,16-23,27,31,38,42,46,63H,9-10,15,24-26,28,30H2,1-6H3,(H,59,65)/t38-,42+,46-/m1/s1. The molecule has 2 aliphatic rings. The van der Waals surface area contributed by atoms with E-state index in [0.717, 1.165) is 38.7 Å². The second-order valence-corrected chi connectivity index (χ2v) is 20.4. The molecule has 0 bridgehead atoms. The SMILES string of the molecule is Cc1ncsc1-c1ccc(CCC(=O)[C@@H]2C[C@@H](O)CN2C(=O)[C@@H](NC(=O)c2ccccc2OCCCCOc2ccc(N3C(=S)N(c4ccc(C#N)c(C(F)(F)F)c4)C(=O)C3(C)C)cc2)C(C)(C)C)cc1. The Kier molecular flexibility index (Phi) is 15.7. The first kappa shape index (κ1) is 52.2. The summed E-state index contributed by atoms with van der Waals surface area (Å²) in [6.45, 7) is 11.2. The summed E-state index contributed by atoms with van der Waals surface area (Å²) in [5.74, 6) is -0.826. The number of thiazole rings is 1. The summed E-state index contributed by atoms with van der Waals surface area (Å²) in [6, 6.07) is 24.2. The number of nitrogens with zero attached hydrogens (tertiary/aromatic N) is 5. The lowest BCUT2D eigenvalue weighted by Crippen LogP contribution is -2.56. The molecular formula is C53H55F3N6O7S2. The van der Waals surface area contributed by atoms with Gasteiger partial charge in [-0.3, -0.25) is 24.1 Å². The highest BCUT2D eigenvalue weighted by Crippen LogP contribution is 2.40. The number of ketones is 1. The van der Waals surface area contributed by atoms with Crippen molar-refractivity contribution in [1.29, 1.82) is 5.26 Å². The Morgan fingerprint density at radius 1 is 0.972 bits per heavy atom. The van der Waals surface area contributed by atoms with Crippen LogP contribution in [0.1, 0.15) is 93.0 Å². The van der Waals surface area contributed by atoms with Crippen LogP contribution in [0.3, 0.4) is 0 Å². The molecule has 3 amide bonds. The number of anilines is 2. The molecule has 2 fully saturated rings. The number of hydrogen-bond acceptors (Lipinski definition) is 11. The Morgan fingerprint density at radius 2 is 1.63 bits per heavy atom. The van der Waals surface area contributed by atoms with Crippen LogP contribution < -0.4 is 24.6 Å². The number of aliphatic hydroxyl groups is 1. The van der Waals surface area contributed by atoms with E-state index in [1.165, 1.54) is 11.0 Å². The number of nitrogens with one attached hydrogen (secondary N) is 1. The van der Waals surface area contributed by atoms with Crippen LogP contribution in [-0.2, 0) is 27.0 Å². The van der Waals surface area contributed by atoms with Crippen LogP contribution in [0.25, 0.3) is 10.4 Å². The highest BCUT2D eigenvalue weighted by Gasteiger charge is 2.51. The predicted octanol–water partition coefficient (Wildman–Crippen LogP) is 9.47. The largest absolute Gasteiger partial charge is 0.494 e. The van der Waals surface area contributed by atoms with Crippen LogP contribution in [0.2, 0.25) is 0 Å². The highest BCUT2D eigenvalue weighted by atomic mass is 32.1. The van der Waals surface area contributed by atoms with Crippen molar-refractivity contribution in [1.82, 2.24) is 15.2 Å². The number of Topliss-reactive ketones (excluding diaryl/α,β-unsaturated/α-hetero) is 1. The van der Waals surface area contributed by atoms with Gasteiger partial charge in [0, 0.05) is 25.1 Å². The first-order chi connectivity index (χ1) is 33.6. The molecule has 3 heterocycles. The lowest BCUT2D eigenvalue weighted by atomic mass is 9.85. The maximum atomic E-state index is 14.3. The van der Waals surface area contributed by atoms with Crippen LogP contribution in [0.5, 0.6) is 11.5 Å². The van der Waals surface area contributed by atoms with Crippen molar-refractivity contribution < 1.29 is 46.9 Å². The molecule has 5 aromatic rings. The molecule has 0 aliphatic carbocycles. The molecule has 3 atom stereocenters. The van der Waals surface area contributed by atoms with Gasteiger partial charge in [-0.05, 0) is 123 Å². The maximum Gasteiger partial charge on any atom is 0.417 e. The molecule has 71 heavy (non-hydrogen) atoms. The number of likely N-dealkylation sites (tertiary alicyclic amines) is 1. The van der Waals surface area contributed by atoms with Crippen molar-refractivity contribution in [3.05, 3.63) is 124 Å². The number of hydrogen-bond donors (Lipinski definition) is 2. The zero-order chi connectivity index (χ0) is 51.4. The van der Waals surface area contributed by atoms with Gasteiger partial charge < -0.3 is 29.7 Å². The number of aromatic nitrogens is 1. The number of β-amino-alcohol motifs (C(OH)–C–C–N with tert-alkyl or cyclic N) is 1. The first-order valence-corrected chi connectivity index (χ1v) is 24.4. The summed E-state index contributed by atoms with van der Waals surface area (Å²) in [4.78, 5) is 65.0. The molecule has 2 N–H and O–H groups in total. The number of halogens is 3. The van der Waals surface area contributed by atoms with E-state index < -0.39 is 64.2 Å². The van der Waals surface area contributed by atoms with E-state index in [1.54, 1.807) is 84.7 Å². The normalized spacial score (nSPS) is 17.3. The lowest BCUT2D eigenvalue weighted by molar-refractivity contribution is -0.141. The molecule has 0 spiro atoms. The number of alkyl halides is 3. The van der Waals surface area contributed by atoms with E-state index in [2.05, 4.69) is 10.3 Å². The number of carbonyl (C=O) groups excluding carboxylic acids is 4. The third-order valence-corrected chi connectivity index (χ3v) is 13.9. The third-order valence-electron chi connectivity index (χ3n) is 12.6. The van der Waals surface area contributed by atoms with E-state index in [4.69, 9.17) is 21.7 Å². The van der Waals surface area contributed by atoms with Gasteiger partial charge in [0.15, 0.2) is 10.9 Å². The number of aliphatic hydroxyl groups excluding tert-OH is 1. The fourth-order valence-electron chi connectivity index (χ4n) is 8.73. The van der Waals surface area contributed by atoms with Crippen molar-refractivity contribution >= 4 is 63.5 Å². The van der Waals surface area contributed by atoms with Crippen LogP contribution in [-0.4, -0.2) is 87.1 Å². The van der Waals surface area contributed by atoms with Gasteiger partial charge in [-0.15, -0.1) is 11.3 Å². The molecule has 2 saturated heterocycles. The number of thiocarbonyl (C=S) groups is 1. The van der Waals surface area contributed by atoms with Gasteiger partial charge in [-0.25, -0.2) is 4.98 Å². The predicted molar refractivity (Wildman–Crippen MR) is 268 cm³/mol. The fourth-order valence-corrected chi connectivity index (χ4v) is 10.1. The quantitative estimate of drug-likeness (QED) is 0.0673. The van der Waals surface area contributed by atoms with Crippen LogP contribution in [0.4, 0.5) is 24.5 Å². The number of benzene rings is 4. The van der Waals surface area contributed by atoms with Crippen LogP contribution in [0.15, 0.2) is 96.5 Å². The molecule has 0 radical (unpaired) electrons. The lowest BCUT2D eigenvalue weighted by Gasteiger charge is -2.35. The van der Waals surface area contributed by atoms with Gasteiger partial charge in [0.25, 0.3) is 11.8 Å². The van der Waals surface area contributed by atoms with Crippen molar-refractivity contribution in [2.24, 2.45) is 5.41 Å². The number of amides is 3. The average molecular weight is 1010 g/mol. The van der Waals surface area contributed by atoms with Gasteiger partial charge in [-0.2, -0.15) is 18.4 Å². The topological polar surface area (TPSA) is 165 Å². The minimum Gasteiger partial charge on any atom is -0.494 e. The number of nitriles is 1. The number of rotatable bonds is 17. The molecule has 0 unspecified atom stereocenters. The van der Waals surface area contributed by atoms with E-state index in [0.29, 0.717) is 43.1 Å². The number of para-hydroxylation sites is 1. The summed E-state index contributed by atoms with van der Waals surface area (Å²) in [6.07, 6.45) is -3.79. The van der Waals surface area contributed by atoms with Crippen molar-refractivity contribution in [2.75, 3.05) is 29.6 Å². The van der Waals surface area contributed by atoms with Gasteiger partial charge in [0.05, 0.1) is 69.9 Å². The van der Waals surface area contributed by atoms with E-state index >= 15 is 0 Å². The van der Waals surface area contributed by atoms with E-state index in [9.17, 15) is 42.7 Å². The van der Waals surface area contributed by atoms with E-state index in [-0.39, 0.29) is 48.1 Å². The molecule has 1 aromatic heterocycles. The third kappa shape index (κ3) is 11.6. The Labute approximate surface area is 420 Å². The zero-order valence-electron chi connectivity index (χ0n) is 40.2. The summed E-state index contributed by atoms with van der Waals surface area (Å²) in [5.41, 5.74) is 1.70.